The quantitative estimate of drug-likeness (QED) is 0.844. The lowest BCUT2D eigenvalue weighted by molar-refractivity contribution is -0.116. The van der Waals surface area contributed by atoms with Crippen molar-refractivity contribution in [1.29, 1.82) is 0 Å². The molecule has 1 aliphatic rings. The third-order valence-corrected chi connectivity index (χ3v) is 3.74. The highest BCUT2D eigenvalue weighted by Crippen LogP contribution is 2.27. The minimum atomic E-state index is -1.04. The molecule has 1 amide bonds. The van der Waals surface area contributed by atoms with Crippen LogP contribution >= 0.6 is 0 Å². The van der Waals surface area contributed by atoms with Crippen LogP contribution in [0.1, 0.15) is 43.0 Å². The Morgan fingerprint density at radius 2 is 2.18 bits per heavy atom. The topological polar surface area (TPSA) is 84.9 Å². The van der Waals surface area contributed by atoms with Gasteiger partial charge in [0.05, 0.1) is 30.6 Å². The molecule has 1 aromatic rings. The molecular weight excluding hydrogens is 286 g/mol. The zero-order valence-corrected chi connectivity index (χ0v) is 12.8. The minimum absolute atomic E-state index is 0.114. The van der Waals surface area contributed by atoms with Gasteiger partial charge in [-0.25, -0.2) is 4.79 Å². The van der Waals surface area contributed by atoms with Gasteiger partial charge in [0, 0.05) is 6.42 Å². The van der Waals surface area contributed by atoms with Gasteiger partial charge < -0.3 is 19.9 Å². The zero-order valence-electron chi connectivity index (χ0n) is 12.8. The van der Waals surface area contributed by atoms with Crippen LogP contribution in [0.5, 0.6) is 5.75 Å². The number of hydrogen-bond acceptors (Lipinski definition) is 4. The number of nitrogens with one attached hydrogen (secondary N) is 1. The van der Waals surface area contributed by atoms with Gasteiger partial charge in [0.15, 0.2) is 0 Å². The lowest BCUT2D eigenvalue weighted by Gasteiger charge is -2.13. The average molecular weight is 307 g/mol. The van der Waals surface area contributed by atoms with Crippen LogP contribution in [-0.4, -0.2) is 36.3 Å². The molecule has 0 spiro atoms. The van der Waals surface area contributed by atoms with E-state index in [9.17, 15) is 9.59 Å². The molecule has 1 aliphatic heterocycles. The summed E-state index contributed by atoms with van der Waals surface area (Å²) in [5, 5.41) is 11.7. The molecule has 0 aliphatic carbocycles. The van der Waals surface area contributed by atoms with Crippen molar-refractivity contribution >= 4 is 17.6 Å². The van der Waals surface area contributed by atoms with E-state index in [1.807, 2.05) is 6.92 Å². The highest BCUT2D eigenvalue weighted by molar-refractivity contribution is 5.94. The van der Waals surface area contributed by atoms with Crippen molar-refractivity contribution in [3.8, 4) is 5.75 Å². The third-order valence-electron chi connectivity index (χ3n) is 3.74. The first-order valence-corrected chi connectivity index (χ1v) is 7.36. The fraction of sp³-hybridized carbons (Fsp3) is 0.500. The summed E-state index contributed by atoms with van der Waals surface area (Å²) in [5.41, 5.74) is 0.585. The van der Waals surface area contributed by atoms with Crippen molar-refractivity contribution in [2.45, 2.75) is 44.8 Å². The van der Waals surface area contributed by atoms with Gasteiger partial charge in [0.25, 0.3) is 0 Å². The molecule has 2 N–H and O–H groups in total. The second-order valence-electron chi connectivity index (χ2n) is 5.45. The molecule has 2 rings (SSSR count). The van der Waals surface area contributed by atoms with Crippen molar-refractivity contribution in [1.82, 2.24) is 0 Å². The smallest absolute Gasteiger partial charge is 0.335 e. The Morgan fingerprint density at radius 3 is 2.77 bits per heavy atom. The Bertz CT molecular complexity index is 557. The first-order valence-electron chi connectivity index (χ1n) is 7.36. The Kier molecular flexibility index (Phi) is 5.38. The van der Waals surface area contributed by atoms with Gasteiger partial charge in [0.2, 0.25) is 5.91 Å². The predicted molar refractivity (Wildman–Crippen MR) is 81.4 cm³/mol. The van der Waals surface area contributed by atoms with Gasteiger partial charge in [-0.05, 0) is 44.4 Å². The van der Waals surface area contributed by atoms with Crippen LogP contribution in [0.15, 0.2) is 18.2 Å². The number of carbonyl (C=O) groups excluding carboxylic acids is 1. The molecule has 2 unspecified atom stereocenters. The lowest BCUT2D eigenvalue weighted by atomic mass is 10.1. The van der Waals surface area contributed by atoms with E-state index in [4.69, 9.17) is 14.6 Å². The number of aromatic carboxylic acids is 1. The van der Waals surface area contributed by atoms with E-state index in [0.29, 0.717) is 24.3 Å². The van der Waals surface area contributed by atoms with Crippen LogP contribution in [0.4, 0.5) is 5.69 Å². The summed E-state index contributed by atoms with van der Waals surface area (Å²) in [6.07, 6.45) is 3.50. The summed E-state index contributed by atoms with van der Waals surface area (Å²) < 4.78 is 10.8. The first kappa shape index (κ1) is 16.3. The Balaban J connectivity index is 1.92. The summed E-state index contributed by atoms with van der Waals surface area (Å²) in [6.45, 7) is 2.04. The second kappa shape index (κ2) is 7.26. The molecule has 22 heavy (non-hydrogen) atoms. The van der Waals surface area contributed by atoms with E-state index in [2.05, 4.69) is 5.32 Å². The Hall–Kier alpha value is -2.08. The number of carbonyl (C=O) groups is 2. The number of anilines is 1. The van der Waals surface area contributed by atoms with E-state index >= 15 is 0 Å². The summed E-state index contributed by atoms with van der Waals surface area (Å²) in [7, 11) is 1.43. The maximum absolute atomic E-state index is 12.0. The summed E-state index contributed by atoms with van der Waals surface area (Å²) in [5.74, 6) is -0.841. The largest absolute Gasteiger partial charge is 0.495 e. The first-order chi connectivity index (χ1) is 10.5. The van der Waals surface area contributed by atoms with E-state index < -0.39 is 5.97 Å². The van der Waals surface area contributed by atoms with Crippen molar-refractivity contribution in [2.24, 2.45) is 0 Å². The van der Waals surface area contributed by atoms with Gasteiger partial charge in [-0.15, -0.1) is 0 Å². The van der Waals surface area contributed by atoms with E-state index in [1.54, 1.807) is 0 Å². The number of hydrogen-bond donors (Lipinski definition) is 2. The number of ether oxygens (including phenoxy) is 2. The second-order valence-corrected chi connectivity index (χ2v) is 5.45. The molecule has 6 heteroatoms. The normalized spacial score (nSPS) is 20.6. The number of methoxy groups -OCH3 is 1. The number of carboxylic acid groups (broad SMARTS) is 1. The number of rotatable bonds is 6. The number of benzene rings is 1. The maximum Gasteiger partial charge on any atom is 0.335 e. The molecular formula is C16H21NO5. The Labute approximate surface area is 129 Å². The summed E-state index contributed by atoms with van der Waals surface area (Å²) in [4.78, 5) is 22.9. The summed E-state index contributed by atoms with van der Waals surface area (Å²) >= 11 is 0. The molecule has 1 heterocycles. The fourth-order valence-corrected chi connectivity index (χ4v) is 2.53. The van der Waals surface area contributed by atoms with Crippen molar-refractivity contribution in [2.75, 3.05) is 12.4 Å². The van der Waals surface area contributed by atoms with Crippen LogP contribution < -0.4 is 10.1 Å². The lowest BCUT2D eigenvalue weighted by Crippen LogP contribution is -2.16. The standard InChI is InChI=1S/C16H21NO5/c1-10-3-5-12(22-10)6-8-15(18)17-13-7-4-11(16(19)20)9-14(13)21-2/h4,7,9-10,12H,3,5-6,8H2,1-2H3,(H,17,18)(H,19,20). The molecule has 6 nitrogen and oxygen atoms in total. The minimum Gasteiger partial charge on any atom is -0.495 e. The van der Waals surface area contributed by atoms with Crippen LogP contribution in [0.3, 0.4) is 0 Å². The van der Waals surface area contributed by atoms with E-state index in [-0.39, 0.29) is 23.7 Å². The molecule has 1 fully saturated rings. The predicted octanol–water partition coefficient (Wildman–Crippen LogP) is 2.68. The van der Waals surface area contributed by atoms with Crippen LogP contribution in [-0.2, 0) is 9.53 Å². The summed E-state index contributed by atoms with van der Waals surface area (Å²) in [6, 6.07) is 4.36. The average Bonchev–Trinajstić information content (AvgIpc) is 2.91. The van der Waals surface area contributed by atoms with E-state index in [0.717, 1.165) is 12.8 Å². The van der Waals surface area contributed by atoms with Gasteiger partial charge in [-0.3, -0.25) is 4.79 Å². The van der Waals surface area contributed by atoms with Gasteiger partial charge in [-0.2, -0.15) is 0 Å². The molecule has 2 atom stereocenters. The zero-order chi connectivity index (χ0) is 16.1. The third kappa shape index (κ3) is 4.21. The number of carboxylic acids is 1. The van der Waals surface area contributed by atoms with Crippen molar-refractivity contribution < 1.29 is 24.2 Å². The van der Waals surface area contributed by atoms with Crippen LogP contribution in [0.25, 0.3) is 0 Å². The maximum atomic E-state index is 12.0. The molecule has 0 aromatic heterocycles. The van der Waals surface area contributed by atoms with Gasteiger partial charge in [0.1, 0.15) is 5.75 Å². The van der Waals surface area contributed by atoms with E-state index in [1.165, 1.54) is 25.3 Å². The van der Waals surface area contributed by atoms with Gasteiger partial charge in [-0.1, -0.05) is 0 Å². The molecule has 0 radical (unpaired) electrons. The van der Waals surface area contributed by atoms with Crippen molar-refractivity contribution in [3.63, 3.8) is 0 Å². The van der Waals surface area contributed by atoms with Gasteiger partial charge >= 0.3 is 5.97 Å². The SMILES string of the molecule is COc1cc(C(=O)O)ccc1NC(=O)CCC1CCC(C)O1. The van der Waals surface area contributed by atoms with Crippen LogP contribution in [0.2, 0.25) is 0 Å². The fourth-order valence-electron chi connectivity index (χ4n) is 2.53. The Morgan fingerprint density at radius 1 is 1.41 bits per heavy atom. The van der Waals surface area contributed by atoms with Crippen molar-refractivity contribution in [3.05, 3.63) is 23.8 Å². The monoisotopic (exact) mass is 307 g/mol. The molecule has 0 saturated carbocycles. The molecule has 1 saturated heterocycles. The van der Waals surface area contributed by atoms with Crippen LogP contribution in [0, 0.1) is 0 Å². The highest BCUT2D eigenvalue weighted by Gasteiger charge is 2.22. The number of amides is 1. The molecule has 1 aromatic carbocycles. The highest BCUT2D eigenvalue weighted by atomic mass is 16.5. The molecule has 0 bridgehead atoms. The molecule has 120 valence electrons.